The minimum atomic E-state index is -0.615. The van der Waals surface area contributed by atoms with Crippen molar-refractivity contribution in [2.24, 2.45) is 0 Å². The van der Waals surface area contributed by atoms with E-state index in [2.05, 4.69) is 5.32 Å². The van der Waals surface area contributed by atoms with Gasteiger partial charge in [-0.2, -0.15) is 0 Å². The number of hydrogen-bond donors (Lipinski definition) is 1. The van der Waals surface area contributed by atoms with Crippen LogP contribution in [0.2, 0.25) is 5.02 Å². The van der Waals surface area contributed by atoms with Crippen LogP contribution in [0, 0.1) is 13.8 Å². The van der Waals surface area contributed by atoms with Crippen molar-refractivity contribution in [2.75, 3.05) is 6.61 Å². The molecule has 1 N–H and O–H groups in total. The molecule has 2 aromatic carbocycles. The molecule has 6 heteroatoms. The van der Waals surface area contributed by atoms with Crippen molar-refractivity contribution in [1.82, 2.24) is 10.2 Å². The number of rotatable bonds is 8. The molecule has 3 rings (SSSR count). The predicted molar refractivity (Wildman–Crippen MR) is 123 cm³/mol. The zero-order chi connectivity index (χ0) is 22.4. The zero-order valence-corrected chi connectivity index (χ0v) is 19.2. The highest BCUT2D eigenvalue weighted by molar-refractivity contribution is 6.30. The van der Waals surface area contributed by atoms with Gasteiger partial charge < -0.3 is 15.0 Å². The summed E-state index contributed by atoms with van der Waals surface area (Å²) < 4.78 is 5.76. The second-order valence-electron chi connectivity index (χ2n) is 8.35. The summed E-state index contributed by atoms with van der Waals surface area (Å²) in [5, 5.41) is 3.70. The van der Waals surface area contributed by atoms with Crippen LogP contribution in [0.4, 0.5) is 0 Å². The van der Waals surface area contributed by atoms with Crippen LogP contribution in [0.5, 0.6) is 5.75 Å². The third-order valence-electron chi connectivity index (χ3n) is 5.95. The van der Waals surface area contributed by atoms with Gasteiger partial charge in [0.25, 0.3) is 5.91 Å². The van der Waals surface area contributed by atoms with Gasteiger partial charge in [-0.15, -0.1) is 0 Å². The summed E-state index contributed by atoms with van der Waals surface area (Å²) in [6.07, 6.45) is 4.26. The summed E-state index contributed by atoms with van der Waals surface area (Å²) in [5.41, 5.74) is 3.14. The molecule has 31 heavy (non-hydrogen) atoms. The van der Waals surface area contributed by atoms with Crippen molar-refractivity contribution in [1.29, 1.82) is 0 Å². The monoisotopic (exact) mass is 442 g/mol. The Morgan fingerprint density at radius 1 is 1.13 bits per heavy atom. The smallest absolute Gasteiger partial charge is 0.261 e. The third kappa shape index (κ3) is 6.47. The topological polar surface area (TPSA) is 58.6 Å². The maximum atomic E-state index is 13.1. The van der Waals surface area contributed by atoms with Gasteiger partial charge in [0.2, 0.25) is 5.91 Å². The van der Waals surface area contributed by atoms with Crippen LogP contribution in [0.15, 0.2) is 42.5 Å². The number of carbonyl (C=O) groups is 2. The van der Waals surface area contributed by atoms with Gasteiger partial charge in [-0.1, -0.05) is 42.6 Å². The number of nitrogens with zero attached hydrogens (tertiary/aromatic N) is 1. The SMILES string of the molecule is Cc1ccc(OCC(=O)N(Cc2cccc(Cl)c2)C(C)C(=O)NC2CCCC2)cc1C. The molecule has 166 valence electrons. The van der Waals surface area contributed by atoms with Crippen molar-refractivity contribution < 1.29 is 14.3 Å². The Morgan fingerprint density at radius 3 is 2.55 bits per heavy atom. The second kappa shape index (κ2) is 10.7. The van der Waals surface area contributed by atoms with E-state index in [1.807, 2.05) is 50.2 Å². The van der Waals surface area contributed by atoms with Gasteiger partial charge in [-0.3, -0.25) is 9.59 Å². The molecule has 0 spiro atoms. The number of aryl methyl sites for hydroxylation is 2. The van der Waals surface area contributed by atoms with Crippen LogP contribution in [-0.4, -0.2) is 35.4 Å². The Hall–Kier alpha value is -2.53. The lowest BCUT2D eigenvalue weighted by Crippen LogP contribution is -2.50. The van der Waals surface area contributed by atoms with Crippen molar-refractivity contribution in [2.45, 2.75) is 65.1 Å². The Balaban J connectivity index is 1.72. The lowest BCUT2D eigenvalue weighted by Gasteiger charge is -2.29. The van der Waals surface area contributed by atoms with Crippen LogP contribution in [0.25, 0.3) is 0 Å². The van der Waals surface area contributed by atoms with Gasteiger partial charge in [0.1, 0.15) is 11.8 Å². The summed E-state index contributed by atoms with van der Waals surface area (Å²) in [4.78, 5) is 27.6. The Bertz CT molecular complexity index is 925. The predicted octanol–water partition coefficient (Wildman–Crippen LogP) is 4.81. The van der Waals surface area contributed by atoms with E-state index in [4.69, 9.17) is 16.3 Å². The normalized spacial score (nSPS) is 14.8. The molecule has 1 atom stereocenters. The summed E-state index contributed by atoms with van der Waals surface area (Å²) in [5.74, 6) is 0.267. The van der Waals surface area contributed by atoms with Gasteiger partial charge in [0.15, 0.2) is 6.61 Å². The molecule has 0 bridgehead atoms. The first-order valence-electron chi connectivity index (χ1n) is 10.9. The van der Waals surface area contributed by atoms with E-state index in [9.17, 15) is 9.59 Å². The van der Waals surface area contributed by atoms with Crippen molar-refractivity contribution >= 4 is 23.4 Å². The van der Waals surface area contributed by atoms with Gasteiger partial charge in [-0.25, -0.2) is 0 Å². The molecule has 0 aromatic heterocycles. The lowest BCUT2D eigenvalue weighted by atomic mass is 10.1. The van der Waals surface area contributed by atoms with Gasteiger partial charge in [0, 0.05) is 17.6 Å². The van der Waals surface area contributed by atoms with Gasteiger partial charge >= 0.3 is 0 Å². The molecule has 5 nitrogen and oxygen atoms in total. The summed E-state index contributed by atoms with van der Waals surface area (Å²) in [6, 6.07) is 12.7. The first-order valence-corrected chi connectivity index (χ1v) is 11.3. The first kappa shape index (κ1) is 23.1. The summed E-state index contributed by atoms with van der Waals surface area (Å²) in [6.45, 7) is 5.95. The average Bonchev–Trinajstić information content (AvgIpc) is 3.25. The highest BCUT2D eigenvalue weighted by Gasteiger charge is 2.28. The van der Waals surface area contributed by atoms with E-state index in [1.165, 1.54) is 5.56 Å². The Labute approximate surface area is 189 Å². The molecule has 1 aliphatic carbocycles. The minimum Gasteiger partial charge on any atom is -0.484 e. The maximum absolute atomic E-state index is 13.1. The summed E-state index contributed by atoms with van der Waals surface area (Å²) >= 11 is 6.12. The molecule has 1 unspecified atom stereocenters. The van der Waals surface area contributed by atoms with E-state index in [1.54, 1.807) is 17.9 Å². The van der Waals surface area contributed by atoms with E-state index < -0.39 is 6.04 Å². The largest absolute Gasteiger partial charge is 0.484 e. The number of carbonyl (C=O) groups excluding carboxylic acids is 2. The van der Waals surface area contributed by atoms with Gasteiger partial charge in [0.05, 0.1) is 0 Å². The number of nitrogens with one attached hydrogen (secondary N) is 1. The van der Waals surface area contributed by atoms with E-state index >= 15 is 0 Å². The molecular formula is C25H31ClN2O3. The van der Waals surface area contributed by atoms with Crippen molar-refractivity contribution in [3.05, 3.63) is 64.2 Å². The molecule has 0 heterocycles. The van der Waals surface area contributed by atoms with Crippen LogP contribution < -0.4 is 10.1 Å². The molecule has 2 amide bonds. The standard InChI is InChI=1S/C25H31ClN2O3/c1-17-11-12-23(13-18(17)2)31-16-24(29)28(15-20-7-6-8-21(26)14-20)19(3)25(30)27-22-9-4-5-10-22/h6-8,11-14,19,22H,4-5,9-10,15-16H2,1-3H3,(H,27,30). The minimum absolute atomic E-state index is 0.131. The van der Waals surface area contributed by atoms with Crippen LogP contribution >= 0.6 is 11.6 Å². The number of amides is 2. The fourth-order valence-electron chi connectivity index (χ4n) is 3.84. The highest BCUT2D eigenvalue weighted by atomic mass is 35.5. The fourth-order valence-corrected chi connectivity index (χ4v) is 4.05. The van der Waals surface area contributed by atoms with Crippen LogP contribution in [-0.2, 0) is 16.1 Å². The highest BCUT2D eigenvalue weighted by Crippen LogP contribution is 2.20. The van der Waals surface area contributed by atoms with E-state index in [-0.39, 0.29) is 31.0 Å². The van der Waals surface area contributed by atoms with Gasteiger partial charge in [-0.05, 0) is 74.6 Å². The Morgan fingerprint density at radius 2 is 1.87 bits per heavy atom. The molecule has 0 saturated heterocycles. The molecular weight excluding hydrogens is 412 g/mol. The second-order valence-corrected chi connectivity index (χ2v) is 8.79. The molecule has 1 fully saturated rings. The fraction of sp³-hybridized carbons (Fsp3) is 0.440. The number of benzene rings is 2. The molecule has 1 saturated carbocycles. The number of halogens is 1. The molecule has 1 aliphatic rings. The number of ether oxygens (including phenoxy) is 1. The maximum Gasteiger partial charge on any atom is 0.261 e. The molecule has 0 aliphatic heterocycles. The quantitative estimate of drug-likeness (QED) is 0.638. The Kier molecular flexibility index (Phi) is 7.97. The van der Waals surface area contributed by atoms with Crippen LogP contribution in [0.3, 0.4) is 0 Å². The first-order chi connectivity index (χ1) is 14.8. The van der Waals surface area contributed by atoms with Crippen molar-refractivity contribution in [3.8, 4) is 5.75 Å². The lowest BCUT2D eigenvalue weighted by molar-refractivity contribution is -0.142. The zero-order valence-electron chi connectivity index (χ0n) is 18.5. The average molecular weight is 443 g/mol. The van der Waals surface area contributed by atoms with Crippen LogP contribution in [0.1, 0.15) is 49.3 Å². The summed E-state index contributed by atoms with van der Waals surface area (Å²) in [7, 11) is 0. The number of hydrogen-bond acceptors (Lipinski definition) is 3. The third-order valence-corrected chi connectivity index (χ3v) is 6.19. The van der Waals surface area contributed by atoms with E-state index in [0.29, 0.717) is 10.8 Å². The molecule has 0 radical (unpaired) electrons. The van der Waals surface area contributed by atoms with Crippen molar-refractivity contribution in [3.63, 3.8) is 0 Å². The molecule has 2 aromatic rings. The van der Waals surface area contributed by atoms with E-state index in [0.717, 1.165) is 36.8 Å².